The lowest BCUT2D eigenvalue weighted by Gasteiger charge is -2.26. The van der Waals surface area contributed by atoms with E-state index in [9.17, 15) is 9.59 Å². The smallest absolute Gasteiger partial charge is 0.414 e. The number of anilines is 2. The van der Waals surface area contributed by atoms with Crippen LogP contribution in [0.3, 0.4) is 0 Å². The Labute approximate surface area is 212 Å². The Hall–Kier alpha value is -3.50. The molecule has 3 aliphatic heterocycles. The van der Waals surface area contributed by atoms with Crippen molar-refractivity contribution in [1.29, 1.82) is 0 Å². The molecule has 2 atom stereocenters. The zero-order valence-corrected chi connectivity index (χ0v) is 20.6. The van der Waals surface area contributed by atoms with E-state index in [1.807, 2.05) is 42.5 Å². The zero-order valence-electron chi connectivity index (χ0n) is 19.8. The molecule has 0 aliphatic carbocycles. The molecule has 10 heteroatoms. The first kappa shape index (κ1) is 22.9. The van der Waals surface area contributed by atoms with Gasteiger partial charge in [0.1, 0.15) is 11.9 Å². The second-order valence-electron chi connectivity index (χ2n) is 9.14. The first-order chi connectivity index (χ1) is 17.6. The molecular formula is C26H26N4O5S. The van der Waals surface area contributed by atoms with Crippen LogP contribution in [-0.4, -0.2) is 62.2 Å². The lowest BCUT2D eigenvalue weighted by Crippen LogP contribution is -2.37. The fourth-order valence-electron chi connectivity index (χ4n) is 4.87. The second kappa shape index (κ2) is 9.51. The molecule has 1 aromatic heterocycles. The van der Waals surface area contributed by atoms with Crippen LogP contribution >= 0.6 is 11.8 Å². The summed E-state index contributed by atoms with van der Waals surface area (Å²) < 4.78 is 17.0. The predicted molar refractivity (Wildman–Crippen MR) is 137 cm³/mol. The molecule has 1 unspecified atom stereocenters. The first-order valence-electron chi connectivity index (χ1n) is 11.9. The third-order valence-electron chi connectivity index (χ3n) is 6.66. The number of hydrogen-bond donors (Lipinski definition) is 2. The Kier molecular flexibility index (Phi) is 6.06. The van der Waals surface area contributed by atoms with Crippen LogP contribution in [0.25, 0.3) is 10.9 Å². The van der Waals surface area contributed by atoms with Crippen LogP contribution < -0.4 is 25.0 Å². The summed E-state index contributed by atoms with van der Waals surface area (Å²) in [5.74, 6) is 2.10. The van der Waals surface area contributed by atoms with E-state index in [0.717, 1.165) is 51.5 Å². The minimum atomic E-state index is -0.377. The Morgan fingerprint density at radius 2 is 2.08 bits per heavy atom. The molecule has 3 aliphatic rings. The van der Waals surface area contributed by atoms with E-state index < -0.39 is 0 Å². The Morgan fingerprint density at radius 1 is 1.19 bits per heavy atom. The van der Waals surface area contributed by atoms with E-state index in [-0.39, 0.29) is 24.0 Å². The maximum absolute atomic E-state index is 12.5. The van der Waals surface area contributed by atoms with Crippen LogP contribution in [0.5, 0.6) is 11.6 Å². The maximum Gasteiger partial charge on any atom is 0.414 e. The van der Waals surface area contributed by atoms with E-state index in [2.05, 4.69) is 15.6 Å². The number of carbonyl (C=O) groups is 2. The van der Waals surface area contributed by atoms with Crippen LogP contribution in [0.2, 0.25) is 0 Å². The quantitative estimate of drug-likeness (QED) is 0.524. The molecule has 0 spiro atoms. The van der Waals surface area contributed by atoms with Crippen molar-refractivity contribution in [3.63, 3.8) is 0 Å². The number of carbonyl (C=O) groups excluding carboxylic acids is 2. The van der Waals surface area contributed by atoms with Crippen LogP contribution in [0.1, 0.15) is 5.56 Å². The molecule has 1 saturated heterocycles. The summed E-state index contributed by atoms with van der Waals surface area (Å²) in [4.78, 5) is 31.5. The lowest BCUT2D eigenvalue weighted by molar-refractivity contribution is -0.113. The number of nitrogens with zero attached hydrogens (tertiary/aromatic N) is 2. The minimum Gasteiger partial charge on any atom is -0.493 e. The van der Waals surface area contributed by atoms with Crippen molar-refractivity contribution in [2.75, 3.05) is 49.3 Å². The summed E-state index contributed by atoms with van der Waals surface area (Å²) in [5, 5.41) is 7.39. The highest BCUT2D eigenvalue weighted by atomic mass is 32.2. The number of cyclic esters (lactones) is 1. The monoisotopic (exact) mass is 506 g/mol. The van der Waals surface area contributed by atoms with Gasteiger partial charge in [-0.15, -0.1) is 11.8 Å². The molecule has 4 heterocycles. The number of hydrogen-bond acceptors (Lipinski definition) is 8. The number of thioether (sulfide) groups is 1. The van der Waals surface area contributed by atoms with Gasteiger partial charge in [0, 0.05) is 46.6 Å². The van der Waals surface area contributed by atoms with Crippen molar-refractivity contribution in [3.8, 4) is 11.6 Å². The third-order valence-corrected chi connectivity index (χ3v) is 7.74. The van der Waals surface area contributed by atoms with Crippen molar-refractivity contribution in [3.05, 3.63) is 48.0 Å². The number of nitrogens with one attached hydrogen (secondary N) is 2. The number of benzene rings is 2. The van der Waals surface area contributed by atoms with E-state index in [0.29, 0.717) is 31.3 Å². The van der Waals surface area contributed by atoms with E-state index in [1.165, 1.54) is 11.8 Å². The number of pyridine rings is 1. The number of methoxy groups -OCH3 is 1. The second-order valence-corrected chi connectivity index (χ2v) is 10.2. The largest absolute Gasteiger partial charge is 0.493 e. The number of aromatic nitrogens is 1. The van der Waals surface area contributed by atoms with Gasteiger partial charge >= 0.3 is 6.09 Å². The van der Waals surface area contributed by atoms with Gasteiger partial charge in [-0.3, -0.25) is 9.69 Å². The average molecular weight is 507 g/mol. The first-order valence-corrected chi connectivity index (χ1v) is 12.9. The molecule has 36 heavy (non-hydrogen) atoms. The van der Waals surface area contributed by atoms with Gasteiger partial charge in [0.15, 0.2) is 0 Å². The highest BCUT2D eigenvalue weighted by molar-refractivity contribution is 8.00. The fraction of sp³-hybridized carbons (Fsp3) is 0.346. The highest BCUT2D eigenvalue weighted by Gasteiger charge is 2.33. The molecule has 1 fully saturated rings. The summed E-state index contributed by atoms with van der Waals surface area (Å²) in [6, 6.07) is 13.6. The van der Waals surface area contributed by atoms with Crippen molar-refractivity contribution in [1.82, 2.24) is 10.3 Å². The van der Waals surface area contributed by atoms with Crippen LogP contribution in [-0.2, 0) is 16.0 Å². The van der Waals surface area contributed by atoms with Gasteiger partial charge < -0.3 is 24.8 Å². The molecule has 6 rings (SSSR count). The van der Waals surface area contributed by atoms with Crippen LogP contribution in [0.4, 0.5) is 16.2 Å². The van der Waals surface area contributed by atoms with Crippen molar-refractivity contribution in [2.45, 2.75) is 17.4 Å². The number of fused-ring (bicyclic) bond motifs is 4. The van der Waals surface area contributed by atoms with Crippen LogP contribution in [0, 0.1) is 5.92 Å². The predicted octanol–water partition coefficient (Wildman–Crippen LogP) is 3.45. The molecule has 2 N–H and O–H groups in total. The summed E-state index contributed by atoms with van der Waals surface area (Å²) in [6.45, 7) is 2.34. The molecule has 186 valence electrons. The lowest BCUT2D eigenvalue weighted by atomic mass is 9.94. The van der Waals surface area contributed by atoms with E-state index in [4.69, 9.17) is 14.2 Å². The van der Waals surface area contributed by atoms with E-state index in [1.54, 1.807) is 12.0 Å². The maximum atomic E-state index is 12.5. The Bertz CT molecular complexity index is 1340. The summed E-state index contributed by atoms with van der Waals surface area (Å²) in [7, 11) is 1.62. The third kappa shape index (κ3) is 4.42. The van der Waals surface area contributed by atoms with Crippen molar-refractivity contribution >= 4 is 46.0 Å². The number of ether oxygens (including phenoxy) is 3. The van der Waals surface area contributed by atoms with Gasteiger partial charge in [-0.2, -0.15) is 0 Å². The molecule has 0 radical (unpaired) electrons. The number of rotatable bonds is 6. The van der Waals surface area contributed by atoms with Gasteiger partial charge in [0.25, 0.3) is 0 Å². The molecule has 3 aromatic rings. The molecule has 0 saturated carbocycles. The normalized spacial score (nSPS) is 20.9. The van der Waals surface area contributed by atoms with Crippen LogP contribution in [0.15, 0.2) is 47.4 Å². The van der Waals surface area contributed by atoms with Crippen molar-refractivity contribution in [2.24, 2.45) is 5.92 Å². The molecular weight excluding hydrogens is 480 g/mol. The SMILES string of the molecule is COc1ccc2ccc3c(c2n1)CC(CNC[C@@H]1CN(c2ccc4c(c2)NC(=O)CS4)C(=O)O1)CO3. The summed E-state index contributed by atoms with van der Waals surface area (Å²) in [5.41, 5.74) is 3.47. The zero-order chi connectivity index (χ0) is 24.6. The molecule has 0 bridgehead atoms. The molecule has 2 amide bonds. The Balaban J connectivity index is 1.06. The number of amides is 2. The van der Waals surface area contributed by atoms with Gasteiger partial charge in [0.05, 0.1) is 37.2 Å². The average Bonchev–Trinajstić information content (AvgIpc) is 3.27. The van der Waals surface area contributed by atoms with Crippen molar-refractivity contribution < 1.29 is 23.8 Å². The molecule has 2 aromatic carbocycles. The topological polar surface area (TPSA) is 102 Å². The standard InChI is InChI=1S/C26H26N4O5S/c1-33-24-7-3-16-2-5-21-19(25(16)29-24)8-15(13-34-21)10-27-11-18-12-30(26(32)35-18)17-4-6-22-20(9-17)28-23(31)14-36-22/h2-7,9,15,18,27H,8,10-14H2,1H3,(H,28,31)/t15?,18-/m1/s1. The van der Waals surface area contributed by atoms with Gasteiger partial charge in [-0.1, -0.05) is 0 Å². The summed E-state index contributed by atoms with van der Waals surface area (Å²) >= 11 is 1.49. The molecule has 9 nitrogen and oxygen atoms in total. The van der Waals surface area contributed by atoms with E-state index >= 15 is 0 Å². The van der Waals surface area contributed by atoms with Gasteiger partial charge in [-0.25, -0.2) is 9.78 Å². The van der Waals surface area contributed by atoms with Gasteiger partial charge in [0.2, 0.25) is 11.8 Å². The Morgan fingerprint density at radius 3 is 2.97 bits per heavy atom. The van der Waals surface area contributed by atoms with Gasteiger partial charge in [-0.05, 0) is 42.8 Å². The minimum absolute atomic E-state index is 0.0343. The summed E-state index contributed by atoms with van der Waals surface area (Å²) in [6.07, 6.45) is 0.203. The highest BCUT2D eigenvalue weighted by Crippen LogP contribution is 2.36. The fourth-order valence-corrected chi connectivity index (χ4v) is 5.66.